The Kier molecular flexibility index (Phi) is 16.5. The average molecular weight is 750 g/mol. The topological polar surface area (TPSA) is 81.6 Å². The zero-order valence-corrected chi connectivity index (χ0v) is 29.3. The first-order valence-electron chi connectivity index (χ1n) is 15.1. The third-order valence-corrected chi connectivity index (χ3v) is 7.89. The van der Waals surface area contributed by atoms with Gasteiger partial charge in [-0.2, -0.15) is 0 Å². The number of aromatic nitrogens is 2. The number of halogens is 2. The fraction of sp³-hybridized carbons (Fsp3) is 0.222. The van der Waals surface area contributed by atoms with Crippen LogP contribution in [0.2, 0.25) is 0 Å². The van der Waals surface area contributed by atoms with Gasteiger partial charge in [-0.3, -0.25) is 9.68 Å². The van der Waals surface area contributed by atoms with Crippen LogP contribution in [-0.2, 0) is 10.1 Å². The highest BCUT2D eigenvalue weighted by atomic mass is 79.9. The van der Waals surface area contributed by atoms with E-state index in [1.54, 1.807) is 9.46 Å². The second-order valence-electron chi connectivity index (χ2n) is 9.85. The maximum atomic E-state index is 10.7. The Bertz CT molecular complexity index is 1360. The van der Waals surface area contributed by atoms with Gasteiger partial charge in [-0.15, -0.1) is 0 Å². The Hall–Kier alpha value is -3.54. The van der Waals surface area contributed by atoms with Crippen molar-refractivity contribution >= 4 is 39.2 Å². The molecule has 0 aliphatic rings. The Balaban J connectivity index is 0.000000235. The van der Waals surface area contributed by atoms with Crippen molar-refractivity contribution in [3.8, 4) is 0 Å². The van der Waals surface area contributed by atoms with E-state index < -0.39 is 7.32 Å². The molecule has 0 saturated heterocycles. The second-order valence-corrected chi connectivity index (χ2v) is 11.7. The average Bonchev–Trinajstić information content (AvgIpc) is 3.09. The maximum absolute atomic E-state index is 10.7. The summed E-state index contributed by atoms with van der Waals surface area (Å²) in [6.07, 6.45) is 8.76. The van der Waals surface area contributed by atoms with E-state index in [9.17, 15) is 10.0 Å². The normalized spacial score (nSPS) is 10.5. The number of rotatable bonds is 12. The Morgan fingerprint density at radius 2 is 0.935 bits per heavy atom. The second kappa shape index (κ2) is 20.6. The number of nitrogens with zero attached hydrogens (tertiary/aromatic N) is 2. The van der Waals surface area contributed by atoms with Gasteiger partial charge in [0.2, 0.25) is 24.8 Å². The maximum Gasteiger partial charge on any atom is 0.223 e. The summed E-state index contributed by atoms with van der Waals surface area (Å²) in [6, 6.07) is 38.7. The summed E-state index contributed by atoms with van der Waals surface area (Å²) < 4.78 is 10.2. The highest BCUT2D eigenvalue weighted by Gasteiger charge is 2.35. The smallest absolute Gasteiger partial charge is 0.223 e. The minimum absolute atomic E-state index is 0.159. The van der Waals surface area contributed by atoms with Crippen molar-refractivity contribution in [2.75, 3.05) is 19.8 Å². The molecule has 0 atom stereocenters. The first-order valence-corrected chi connectivity index (χ1v) is 16.7. The molecule has 5 rings (SSSR count). The van der Waals surface area contributed by atoms with Crippen LogP contribution in [0, 0.1) is 0 Å². The molecule has 2 heterocycles. The van der Waals surface area contributed by atoms with Crippen molar-refractivity contribution in [1.29, 1.82) is 0 Å². The molecular formula is C36H39BBr2N2O5. The monoisotopic (exact) mass is 748 g/mol. The predicted molar refractivity (Wildman–Crippen MR) is 183 cm³/mol. The van der Waals surface area contributed by atoms with Gasteiger partial charge in [0.05, 0.1) is 7.32 Å². The number of pyridine rings is 2. The van der Waals surface area contributed by atoms with Crippen molar-refractivity contribution < 1.29 is 33.8 Å². The van der Waals surface area contributed by atoms with Crippen LogP contribution < -0.4 is 29.2 Å². The van der Waals surface area contributed by atoms with E-state index in [1.807, 2.05) is 117 Å². The lowest BCUT2D eigenvalue weighted by Crippen LogP contribution is -2.48. The van der Waals surface area contributed by atoms with Crippen LogP contribution >= 0.6 is 31.9 Å². The summed E-state index contributed by atoms with van der Waals surface area (Å²) in [5.74, 6) is 0. The number of benzene rings is 3. The highest BCUT2D eigenvalue weighted by molar-refractivity contribution is 9.10. The molecule has 0 radical (unpaired) electrons. The fourth-order valence-electron chi connectivity index (χ4n) is 4.88. The van der Waals surface area contributed by atoms with Crippen LogP contribution in [0.15, 0.2) is 149 Å². The van der Waals surface area contributed by atoms with Gasteiger partial charge >= 0.3 is 0 Å². The van der Waals surface area contributed by atoms with Gasteiger partial charge in [0.25, 0.3) is 0 Å². The lowest BCUT2D eigenvalue weighted by molar-refractivity contribution is -0.891. The molecule has 46 heavy (non-hydrogen) atoms. The third-order valence-electron chi connectivity index (χ3n) is 6.83. The number of hydrogen-bond acceptors (Lipinski definition) is 5. The van der Waals surface area contributed by atoms with Gasteiger partial charge in [0.15, 0.2) is 13.2 Å². The Morgan fingerprint density at radius 1 is 0.587 bits per heavy atom. The van der Waals surface area contributed by atoms with E-state index in [-0.39, 0.29) is 12.0 Å². The predicted octanol–water partition coefficient (Wildman–Crippen LogP) is 4.89. The lowest BCUT2D eigenvalue weighted by atomic mass is 9.67. The van der Waals surface area contributed by atoms with Crippen LogP contribution in [0.4, 0.5) is 0 Å². The summed E-state index contributed by atoms with van der Waals surface area (Å²) >= 11 is 6.66. The SMILES string of the molecule is CCO[n+]1ccc(Br)cc1.CCO[n+]1ccc(Br)cc1.[O-]B([O-])OCCCC(c1ccccc1)(c1ccccc1)c1ccccc1. The molecule has 0 bridgehead atoms. The van der Waals surface area contributed by atoms with Crippen LogP contribution in [0.1, 0.15) is 43.4 Å². The molecule has 0 aliphatic heterocycles. The van der Waals surface area contributed by atoms with E-state index >= 15 is 0 Å². The lowest BCUT2D eigenvalue weighted by Gasteiger charge is -2.37. The standard InChI is InChI=1S/C22H21BO3.2C7H9BrNO/c24-23(25)26-18-10-17-22(19-11-4-1-5-12-19,20-13-6-2-7-14-20)21-15-8-3-9-16-21;2*1-2-10-9-5-3-7(8)4-6-9/h1-9,11-16H,10,17-18H2;2*3-6H,2H2,1H3/q-2;2*+1. The van der Waals surface area contributed by atoms with Crippen molar-refractivity contribution in [3.05, 3.63) is 166 Å². The van der Waals surface area contributed by atoms with E-state index in [0.29, 0.717) is 19.6 Å². The molecule has 0 aliphatic carbocycles. The van der Waals surface area contributed by atoms with E-state index in [0.717, 1.165) is 15.4 Å². The van der Waals surface area contributed by atoms with Crippen molar-refractivity contribution in [1.82, 2.24) is 0 Å². The number of hydrogen-bond donors (Lipinski definition) is 0. The molecule has 240 valence electrons. The molecule has 5 aromatic rings. The van der Waals surface area contributed by atoms with Crippen LogP contribution in [0.3, 0.4) is 0 Å². The Labute approximate surface area is 289 Å². The van der Waals surface area contributed by atoms with Crippen molar-refractivity contribution in [2.45, 2.75) is 32.1 Å². The zero-order chi connectivity index (χ0) is 33.0. The molecule has 2 aromatic heterocycles. The van der Waals surface area contributed by atoms with Gasteiger partial charge in [-0.25, -0.2) is 0 Å². The van der Waals surface area contributed by atoms with Crippen molar-refractivity contribution in [2.24, 2.45) is 0 Å². The zero-order valence-electron chi connectivity index (χ0n) is 26.1. The largest absolute Gasteiger partial charge is 0.871 e. The minimum Gasteiger partial charge on any atom is -0.871 e. The van der Waals surface area contributed by atoms with E-state index in [4.69, 9.17) is 14.3 Å². The highest BCUT2D eigenvalue weighted by Crippen LogP contribution is 2.42. The van der Waals surface area contributed by atoms with Gasteiger partial charge in [0, 0.05) is 54.7 Å². The first kappa shape index (κ1) is 36.9. The van der Waals surface area contributed by atoms with Crippen molar-refractivity contribution in [3.63, 3.8) is 0 Å². The van der Waals surface area contributed by atoms with Gasteiger partial charge in [-0.1, -0.05) is 123 Å². The van der Waals surface area contributed by atoms with E-state index in [2.05, 4.69) is 68.3 Å². The third kappa shape index (κ3) is 12.0. The van der Waals surface area contributed by atoms with Gasteiger partial charge < -0.3 is 14.7 Å². The molecule has 0 N–H and O–H groups in total. The molecular weight excluding hydrogens is 711 g/mol. The van der Waals surface area contributed by atoms with Crippen LogP contribution in [0.5, 0.6) is 0 Å². The molecule has 0 spiro atoms. The minimum atomic E-state index is -2.23. The quantitative estimate of drug-likeness (QED) is 0.0786. The summed E-state index contributed by atoms with van der Waals surface area (Å²) in [7, 11) is -2.23. The molecule has 7 nitrogen and oxygen atoms in total. The van der Waals surface area contributed by atoms with Crippen LogP contribution in [-0.4, -0.2) is 27.1 Å². The summed E-state index contributed by atoms with van der Waals surface area (Å²) in [6.45, 7) is 5.44. The van der Waals surface area contributed by atoms with Crippen LogP contribution in [0.25, 0.3) is 0 Å². The van der Waals surface area contributed by atoms with E-state index in [1.165, 1.54) is 16.7 Å². The van der Waals surface area contributed by atoms with Gasteiger partial charge in [-0.05, 0) is 43.4 Å². The summed E-state index contributed by atoms with van der Waals surface area (Å²) in [5.41, 5.74) is 3.17. The summed E-state index contributed by atoms with van der Waals surface area (Å²) in [5, 5.41) is 21.4. The van der Waals surface area contributed by atoms with Gasteiger partial charge in [0.1, 0.15) is 0 Å². The Morgan fingerprint density at radius 3 is 1.24 bits per heavy atom. The first-order chi connectivity index (χ1) is 22.4. The molecule has 0 unspecified atom stereocenters. The fourth-order valence-corrected chi connectivity index (χ4v) is 5.35. The summed E-state index contributed by atoms with van der Waals surface area (Å²) in [4.78, 5) is 10.3. The molecule has 0 amide bonds. The molecule has 3 aromatic carbocycles. The molecule has 0 fully saturated rings. The molecule has 0 saturated carbocycles. The molecule has 10 heteroatoms.